The molecule has 1 amide bonds. The Kier molecular flexibility index (Phi) is 4.81. The Morgan fingerprint density at radius 2 is 1.86 bits per heavy atom. The Morgan fingerprint density at radius 1 is 1.07 bits per heavy atom. The third kappa shape index (κ3) is 3.66. The number of nitrogens with zero attached hydrogens (tertiary/aromatic N) is 4. The van der Waals surface area contributed by atoms with E-state index in [9.17, 15) is 4.79 Å². The number of rotatable bonds is 3. The van der Waals surface area contributed by atoms with Crippen molar-refractivity contribution in [2.24, 2.45) is 0 Å². The summed E-state index contributed by atoms with van der Waals surface area (Å²) < 4.78 is 2.90. The highest BCUT2D eigenvalue weighted by molar-refractivity contribution is 7.18. The van der Waals surface area contributed by atoms with Crippen LogP contribution in [0.3, 0.4) is 0 Å². The zero-order valence-electron chi connectivity index (χ0n) is 15.7. The summed E-state index contributed by atoms with van der Waals surface area (Å²) in [6.07, 6.45) is 3.67. The van der Waals surface area contributed by atoms with Gasteiger partial charge in [0.05, 0.1) is 20.9 Å². The van der Waals surface area contributed by atoms with Crippen LogP contribution in [0.4, 0.5) is 0 Å². The molecule has 0 N–H and O–H groups in total. The molecule has 0 aliphatic carbocycles. The molecule has 1 fully saturated rings. The molecule has 3 heterocycles. The number of hydrogen-bond donors (Lipinski definition) is 0. The van der Waals surface area contributed by atoms with E-state index in [4.69, 9.17) is 16.6 Å². The van der Waals surface area contributed by atoms with Crippen LogP contribution in [0.5, 0.6) is 0 Å². The van der Waals surface area contributed by atoms with Crippen molar-refractivity contribution in [2.75, 3.05) is 13.1 Å². The first kappa shape index (κ1) is 18.3. The standard InChI is InChI=1S/C22H19ClN4OS/c23-16-6-7-20-19(14-16)24-21(29-20)15-8-11-26(12-9-15)22(28)18-10-13-27(25-18)17-4-2-1-3-5-17/h1-7,10,13-15H,8-9,11-12H2. The second kappa shape index (κ2) is 7.61. The molecule has 4 aromatic rings. The fraction of sp³-hybridized carbons (Fsp3) is 0.227. The number of thiazole rings is 1. The van der Waals surface area contributed by atoms with Crippen LogP contribution >= 0.6 is 22.9 Å². The SMILES string of the molecule is O=C(c1ccn(-c2ccccc2)n1)N1CCC(c2nc3cc(Cl)ccc3s2)CC1. The summed E-state index contributed by atoms with van der Waals surface area (Å²) >= 11 is 7.81. The number of likely N-dealkylation sites (tertiary alicyclic amines) is 1. The number of aromatic nitrogens is 3. The number of halogens is 1. The lowest BCUT2D eigenvalue weighted by Gasteiger charge is -2.30. The van der Waals surface area contributed by atoms with Crippen molar-refractivity contribution in [3.8, 4) is 5.69 Å². The number of hydrogen-bond acceptors (Lipinski definition) is 4. The maximum absolute atomic E-state index is 12.9. The van der Waals surface area contributed by atoms with Gasteiger partial charge in [0.25, 0.3) is 5.91 Å². The predicted octanol–water partition coefficient (Wildman–Crippen LogP) is 5.16. The number of carbonyl (C=O) groups is 1. The normalized spacial score (nSPS) is 15.1. The van der Waals surface area contributed by atoms with Gasteiger partial charge < -0.3 is 4.90 Å². The quantitative estimate of drug-likeness (QED) is 0.458. The molecule has 5 rings (SSSR count). The van der Waals surface area contributed by atoms with E-state index in [1.165, 1.54) is 0 Å². The fourth-order valence-electron chi connectivity index (χ4n) is 3.75. The molecule has 146 valence electrons. The third-order valence-electron chi connectivity index (χ3n) is 5.33. The number of fused-ring (bicyclic) bond motifs is 1. The minimum Gasteiger partial charge on any atom is -0.337 e. The van der Waals surface area contributed by atoms with Crippen molar-refractivity contribution in [2.45, 2.75) is 18.8 Å². The van der Waals surface area contributed by atoms with E-state index in [-0.39, 0.29) is 5.91 Å². The van der Waals surface area contributed by atoms with E-state index in [1.807, 2.05) is 59.6 Å². The largest absolute Gasteiger partial charge is 0.337 e. The Balaban J connectivity index is 1.26. The highest BCUT2D eigenvalue weighted by Gasteiger charge is 2.27. The lowest BCUT2D eigenvalue weighted by atomic mass is 9.97. The lowest BCUT2D eigenvalue weighted by Crippen LogP contribution is -2.38. The van der Waals surface area contributed by atoms with Gasteiger partial charge in [-0.25, -0.2) is 9.67 Å². The summed E-state index contributed by atoms with van der Waals surface area (Å²) in [6, 6.07) is 17.5. The molecule has 0 atom stereocenters. The van der Waals surface area contributed by atoms with E-state index < -0.39 is 0 Å². The van der Waals surface area contributed by atoms with Crippen LogP contribution in [-0.2, 0) is 0 Å². The highest BCUT2D eigenvalue weighted by Crippen LogP contribution is 2.34. The van der Waals surface area contributed by atoms with Crippen LogP contribution in [0, 0.1) is 0 Å². The molecule has 1 aliphatic heterocycles. The van der Waals surface area contributed by atoms with Gasteiger partial charge in [0.15, 0.2) is 5.69 Å². The van der Waals surface area contributed by atoms with Gasteiger partial charge in [-0.15, -0.1) is 11.3 Å². The third-order valence-corrected chi connectivity index (χ3v) is 6.76. The topological polar surface area (TPSA) is 51.0 Å². The number of benzene rings is 2. The van der Waals surface area contributed by atoms with Gasteiger partial charge in [0.1, 0.15) is 0 Å². The van der Waals surface area contributed by atoms with Crippen LogP contribution in [0.2, 0.25) is 5.02 Å². The van der Waals surface area contributed by atoms with Gasteiger partial charge in [0, 0.05) is 30.2 Å². The summed E-state index contributed by atoms with van der Waals surface area (Å²) in [5.74, 6) is 0.381. The Labute approximate surface area is 177 Å². The Bertz CT molecular complexity index is 1160. The van der Waals surface area contributed by atoms with Crippen molar-refractivity contribution >= 4 is 39.1 Å². The summed E-state index contributed by atoms with van der Waals surface area (Å²) in [5, 5.41) is 6.33. The minimum absolute atomic E-state index is 0.00536. The van der Waals surface area contributed by atoms with Crippen LogP contribution in [-0.4, -0.2) is 38.7 Å². The highest BCUT2D eigenvalue weighted by atomic mass is 35.5. The molecule has 5 nitrogen and oxygen atoms in total. The molecule has 1 saturated heterocycles. The van der Waals surface area contributed by atoms with E-state index in [2.05, 4.69) is 5.10 Å². The number of piperidine rings is 1. The zero-order chi connectivity index (χ0) is 19.8. The van der Waals surface area contributed by atoms with E-state index >= 15 is 0 Å². The molecule has 7 heteroatoms. The molecule has 0 saturated carbocycles. The average Bonchev–Trinajstić information content (AvgIpc) is 3.41. The first-order chi connectivity index (χ1) is 14.2. The van der Waals surface area contributed by atoms with Crippen molar-refractivity contribution in [3.63, 3.8) is 0 Å². The second-order valence-electron chi connectivity index (χ2n) is 7.21. The van der Waals surface area contributed by atoms with Crippen LogP contribution in [0.25, 0.3) is 15.9 Å². The number of carbonyl (C=O) groups excluding carboxylic acids is 1. The van der Waals surface area contributed by atoms with Gasteiger partial charge in [-0.1, -0.05) is 29.8 Å². The van der Waals surface area contributed by atoms with Gasteiger partial charge in [-0.2, -0.15) is 5.10 Å². The molecule has 1 aliphatic rings. The molecule has 0 spiro atoms. The maximum atomic E-state index is 12.9. The van der Waals surface area contributed by atoms with E-state index in [0.29, 0.717) is 16.6 Å². The first-order valence-corrected chi connectivity index (χ1v) is 10.8. The molecule has 0 unspecified atom stereocenters. The van der Waals surface area contributed by atoms with Gasteiger partial charge in [-0.05, 0) is 49.2 Å². The molecular formula is C22H19ClN4OS. The van der Waals surface area contributed by atoms with Crippen molar-refractivity contribution < 1.29 is 4.79 Å². The molecule has 0 radical (unpaired) electrons. The predicted molar refractivity (Wildman–Crippen MR) is 116 cm³/mol. The molecule has 2 aromatic heterocycles. The summed E-state index contributed by atoms with van der Waals surface area (Å²) in [7, 11) is 0. The van der Waals surface area contributed by atoms with Crippen LogP contribution in [0.15, 0.2) is 60.8 Å². The summed E-state index contributed by atoms with van der Waals surface area (Å²) in [4.78, 5) is 19.6. The van der Waals surface area contributed by atoms with Crippen molar-refractivity contribution in [1.82, 2.24) is 19.7 Å². The Hall–Kier alpha value is -2.70. The van der Waals surface area contributed by atoms with E-state index in [1.54, 1.807) is 22.1 Å². The first-order valence-electron chi connectivity index (χ1n) is 9.64. The lowest BCUT2D eigenvalue weighted by molar-refractivity contribution is 0.0706. The molecule has 29 heavy (non-hydrogen) atoms. The second-order valence-corrected chi connectivity index (χ2v) is 8.71. The van der Waals surface area contributed by atoms with Gasteiger partial charge in [-0.3, -0.25) is 4.79 Å². The molecule has 0 bridgehead atoms. The molecule has 2 aromatic carbocycles. The summed E-state index contributed by atoms with van der Waals surface area (Å²) in [5.41, 5.74) is 2.39. The maximum Gasteiger partial charge on any atom is 0.274 e. The van der Waals surface area contributed by atoms with Gasteiger partial charge in [0.2, 0.25) is 0 Å². The van der Waals surface area contributed by atoms with E-state index in [0.717, 1.165) is 46.8 Å². The van der Waals surface area contributed by atoms with Crippen molar-refractivity contribution in [3.05, 3.63) is 76.5 Å². The van der Waals surface area contributed by atoms with Crippen LogP contribution in [0.1, 0.15) is 34.3 Å². The number of para-hydroxylation sites is 1. The Morgan fingerprint density at radius 3 is 2.66 bits per heavy atom. The monoisotopic (exact) mass is 422 g/mol. The smallest absolute Gasteiger partial charge is 0.274 e. The summed E-state index contributed by atoms with van der Waals surface area (Å²) in [6.45, 7) is 1.44. The zero-order valence-corrected chi connectivity index (χ0v) is 17.2. The minimum atomic E-state index is -0.00536. The number of amides is 1. The average molecular weight is 423 g/mol. The van der Waals surface area contributed by atoms with Gasteiger partial charge >= 0.3 is 0 Å². The van der Waals surface area contributed by atoms with Crippen LogP contribution < -0.4 is 0 Å². The fourth-order valence-corrected chi connectivity index (χ4v) is 5.03. The molecular weight excluding hydrogens is 404 g/mol. The van der Waals surface area contributed by atoms with Crippen molar-refractivity contribution in [1.29, 1.82) is 0 Å².